The first-order valence-corrected chi connectivity index (χ1v) is 7.58. The molecule has 3 heteroatoms. The third-order valence-electron chi connectivity index (χ3n) is 3.73. The largest absolute Gasteiger partial charge is 0.459 e. The molecule has 0 amide bonds. The Labute approximate surface area is 120 Å². The Morgan fingerprint density at radius 1 is 1.20 bits per heavy atom. The van der Waals surface area contributed by atoms with Crippen LogP contribution >= 0.6 is 0 Å². The number of rotatable bonds is 7. The number of hydrogen-bond acceptors (Lipinski definition) is 2. The molecule has 110 valence electrons. The van der Waals surface area contributed by atoms with Crippen molar-refractivity contribution < 1.29 is 8.81 Å². The first-order valence-electron chi connectivity index (χ1n) is 7.58. The van der Waals surface area contributed by atoms with E-state index in [0.717, 1.165) is 42.5 Å². The predicted molar refractivity (Wildman–Crippen MR) is 81.3 cm³/mol. The first-order chi connectivity index (χ1) is 9.65. The van der Waals surface area contributed by atoms with Crippen LogP contribution in [0.5, 0.6) is 0 Å². The zero-order valence-electron chi connectivity index (χ0n) is 12.6. The second-order valence-corrected chi connectivity index (χ2v) is 5.53. The maximum atomic E-state index is 13.3. The van der Waals surface area contributed by atoms with Crippen molar-refractivity contribution in [1.29, 1.82) is 0 Å². The predicted octanol–water partition coefficient (Wildman–Crippen LogP) is 5.05. The normalized spacial score (nSPS) is 14.6. The Hall–Kier alpha value is -1.35. The quantitative estimate of drug-likeness (QED) is 0.766. The maximum Gasteiger partial charge on any atom is 0.134 e. The van der Waals surface area contributed by atoms with Crippen LogP contribution in [-0.2, 0) is 0 Å². The van der Waals surface area contributed by atoms with Crippen LogP contribution in [0.4, 0.5) is 4.39 Å². The van der Waals surface area contributed by atoms with Gasteiger partial charge in [0.15, 0.2) is 0 Å². The minimum Gasteiger partial charge on any atom is -0.459 e. The topological polar surface area (TPSA) is 25.2 Å². The molecule has 1 aromatic heterocycles. The van der Waals surface area contributed by atoms with Gasteiger partial charge in [0.2, 0.25) is 0 Å². The minimum absolute atomic E-state index is 0.199. The van der Waals surface area contributed by atoms with E-state index in [0.29, 0.717) is 5.92 Å². The fourth-order valence-corrected chi connectivity index (χ4v) is 2.69. The highest BCUT2D eigenvalue weighted by molar-refractivity contribution is 5.78. The lowest BCUT2D eigenvalue weighted by atomic mass is 9.94. The van der Waals surface area contributed by atoms with Crippen molar-refractivity contribution >= 4 is 11.0 Å². The van der Waals surface area contributed by atoms with Gasteiger partial charge in [0.05, 0.1) is 6.04 Å². The fourth-order valence-electron chi connectivity index (χ4n) is 2.69. The van der Waals surface area contributed by atoms with Crippen LogP contribution in [0.3, 0.4) is 0 Å². The van der Waals surface area contributed by atoms with Crippen LogP contribution in [0, 0.1) is 11.7 Å². The number of halogens is 1. The number of hydrogen-bond donors (Lipinski definition) is 1. The van der Waals surface area contributed by atoms with E-state index in [9.17, 15) is 4.39 Å². The van der Waals surface area contributed by atoms with Crippen LogP contribution in [0.15, 0.2) is 28.7 Å². The second kappa shape index (κ2) is 6.89. The monoisotopic (exact) mass is 277 g/mol. The van der Waals surface area contributed by atoms with E-state index in [2.05, 4.69) is 26.1 Å². The third kappa shape index (κ3) is 3.40. The van der Waals surface area contributed by atoms with Crippen molar-refractivity contribution in [3.63, 3.8) is 0 Å². The maximum absolute atomic E-state index is 13.3. The summed E-state index contributed by atoms with van der Waals surface area (Å²) < 4.78 is 19.2. The molecule has 2 atom stereocenters. The average molecular weight is 277 g/mol. The van der Waals surface area contributed by atoms with Crippen molar-refractivity contribution in [3.8, 4) is 0 Å². The Balaban J connectivity index is 2.29. The molecule has 0 bridgehead atoms. The number of nitrogens with one attached hydrogen (secondary N) is 1. The molecule has 0 spiro atoms. The molecule has 1 N–H and O–H groups in total. The lowest BCUT2D eigenvalue weighted by molar-refractivity contribution is 0.317. The van der Waals surface area contributed by atoms with Gasteiger partial charge in [0, 0.05) is 5.39 Å². The van der Waals surface area contributed by atoms with E-state index in [4.69, 9.17) is 4.42 Å². The third-order valence-corrected chi connectivity index (χ3v) is 3.73. The fraction of sp³-hybridized carbons (Fsp3) is 0.529. The van der Waals surface area contributed by atoms with Gasteiger partial charge in [0.25, 0.3) is 0 Å². The van der Waals surface area contributed by atoms with Gasteiger partial charge in [-0.25, -0.2) is 4.39 Å². The highest BCUT2D eigenvalue weighted by Gasteiger charge is 2.21. The zero-order chi connectivity index (χ0) is 14.5. The highest BCUT2D eigenvalue weighted by Crippen LogP contribution is 2.30. The number of benzene rings is 1. The Bertz CT molecular complexity index is 549. The summed E-state index contributed by atoms with van der Waals surface area (Å²) in [5.74, 6) is 1.20. The lowest BCUT2D eigenvalue weighted by Crippen LogP contribution is -2.27. The van der Waals surface area contributed by atoms with Crippen molar-refractivity contribution in [3.05, 3.63) is 35.8 Å². The molecule has 0 aliphatic carbocycles. The molecular weight excluding hydrogens is 253 g/mol. The van der Waals surface area contributed by atoms with Gasteiger partial charge >= 0.3 is 0 Å². The van der Waals surface area contributed by atoms with Crippen molar-refractivity contribution in [1.82, 2.24) is 5.32 Å². The molecule has 0 saturated carbocycles. The molecule has 20 heavy (non-hydrogen) atoms. The standard InChI is InChI=1S/C17H24FNO/c1-4-6-12(3)17(19-9-5-2)16-11-13-10-14(18)7-8-15(13)20-16/h7-8,10-12,17,19H,4-6,9H2,1-3H3. The summed E-state index contributed by atoms with van der Waals surface area (Å²) in [5.41, 5.74) is 0.758. The molecule has 0 saturated heterocycles. The second-order valence-electron chi connectivity index (χ2n) is 5.53. The van der Waals surface area contributed by atoms with Crippen LogP contribution in [0.1, 0.15) is 51.8 Å². The van der Waals surface area contributed by atoms with Gasteiger partial charge in [-0.15, -0.1) is 0 Å². The Morgan fingerprint density at radius 2 is 2.00 bits per heavy atom. The molecule has 1 heterocycles. The van der Waals surface area contributed by atoms with Crippen molar-refractivity contribution in [2.24, 2.45) is 5.92 Å². The molecule has 0 fully saturated rings. The summed E-state index contributed by atoms with van der Waals surface area (Å²) in [6, 6.07) is 6.85. The van der Waals surface area contributed by atoms with Gasteiger partial charge in [-0.05, 0) is 49.6 Å². The molecule has 0 aliphatic rings. The summed E-state index contributed by atoms with van der Waals surface area (Å²) in [6.45, 7) is 7.55. The summed E-state index contributed by atoms with van der Waals surface area (Å²) >= 11 is 0. The van der Waals surface area contributed by atoms with E-state index < -0.39 is 0 Å². The highest BCUT2D eigenvalue weighted by atomic mass is 19.1. The number of furan rings is 1. The van der Waals surface area contributed by atoms with Crippen LogP contribution in [0.25, 0.3) is 11.0 Å². The lowest BCUT2D eigenvalue weighted by Gasteiger charge is -2.23. The van der Waals surface area contributed by atoms with Crippen LogP contribution in [0.2, 0.25) is 0 Å². The van der Waals surface area contributed by atoms with E-state index in [1.54, 1.807) is 6.07 Å². The number of fused-ring (bicyclic) bond motifs is 1. The first kappa shape index (κ1) is 15.0. The summed E-state index contributed by atoms with van der Waals surface area (Å²) in [5, 5.41) is 4.40. The zero-order valence-corrected chi connectivity index (χ0v) is 12.6. The van der Waals surface area contributed by atoms with E-state index in [1.165, 1.54) is 12.1 Å². The molecule has 2 aromatic rings. The van der Waals surface area contributed by atoms with Crippen molar-refractivity contribution in [2.75, 3.05) is 6.54 Å². The van der Waals surface area contributed by atoms with E-state index >= 15 is 0 Å². The van der Waals surface area contributed by atoms with Gasteiger partial charge in [-0.3, -0.25) is 0 Å². The molecular formula is C17H24FNO. The average Bonchev–Trinajstić information content (AvgIpc) is 2.82. The molecule has 0 radical (unpaired) electrons. The summed E-state index contributed by atoms with van der Waals surface area (Å²) in [6.07, 6.45) is 3.39. The molecule has 0 aliphatic heterocycles. The van der Waals surface area contributed by atoms with Crippen LogP contribution in [-0.4, -0.2) is 6.54 Å². The van der Waals surface area contributed by atoms with Gasteiger partial charge in [0.1, 0.15) is 17.2 Å². The van der Waals surface area contributed by atoms with Crippen LogP contribution < -0.4 is 5.32 Å². The SMILES string of the molecule is CCCNC(c1cc2cc(F)ccc2o1)C(C)CCC. The summed E-state index contributed by atoms with van der Waals surface area (Å²) in [7, 11) is 0. The van der Waals surface area contributed by atoms with Crippen molar-refractivity contribution in [2.45, 2.75) is 46.1 Å². The Morgan fingerprint density at radius 3 is 2.70 bits per heavy atom. The van der Waals surface area contributed by atoms with Gasteiger partial charge in [-0.2, -0.15) is 0 Å². The molecule has 2 unspecified atom stereocenters. The summed E-state index contributed by atoms with van der Waals surface area (Å²) in [4.78, 5) is 0. The molecule has 1 aromatic carbocycles. The smallest absolute Gasteiger partial charge is 0.134 e. The van der Waals surface area contributed by atoms with E-state index in [1.807, 2.05) is 6.07 Å². The molecule has 2 nitrogen and oxygen atoms in total. The van der Waals surface area contributed by atoms with Gasteiger partial charge < -0.3 is 9.73 Å². The van der Waals surface area contributed by atoms with E-state index in [-0.39, 0.29) is 11.9 Å². The molecule has 2 rings (SSSR count). The Kier molecular flexibility index (Phi) is 5.18. The minimum atomic E-state index is -0.218. The van der Waals surface area contributed by atoms with Gasteiger partial charge in [-0.1, -0.05) is 27.2 Å².